The van der Waals surface area contributed by atoms with Crippen LogP contribution < -0.4 is 0 Å². The van der Waals surface area contributed by atoms with Crippen LogP contribution >= 0.6 is 11.6 Å². The van der Waals surface area contributed by atoms with Gasteiger partial charge in [-0.15, -0.1) is 11.6 Å². The zero-order valence-electron chi connectivity index (χ0n) is 7.86. The van der Waals surface area contributed by atoms with E-state index in [1.807, 2.05) is 0 Å². The second-order valence-corrected chi connectivity index (χ2v) is 3.38. The molecule has 1 aromatic carbocycles. The molecule has 1 rings (SSSR count). The molecule has 0 unspecified atom stereocenters. The Labute approximate surface area is 87.2 Å². The molecule has 0 aliphatic heterocycles. The molecule has 0 atom stereocenters. The molecule has 3 heteroatoms. The maximum absolute atomic E-state index is 13.1. The predicted molar refractivity (Wildman–Crippen MR) is 55.5 cm³/mol. The van der Waals surface area contributed by atoms with Crippen LogP contribution in [0.3, 0.4) is 0 Å². The first-order valence-electron chi connectivity index (χ1n) is 4.33. The SMILES string of the molecule is Cc1cc(C=CCCCl)c(F)cc1F. The van der Waals surface area contributed by atoms with E-state index in [4.69, 9.17) is 11.6 Å². The Morgan fingerprint density at radius 1 is 1.29 bits per heavy atom. The Bertz CT molecular complexity index is 345. The molecule has 1 aromatic rings. The van der Waals surface area contributed by atoms with Crippen LogP contribution in [0, 0.1) is 18.6 Å². The molecule has 0 radical (unpaired) electrons. The van der Waals surface area contributed by atoms with Gasteiger partial charge < -0.3 is 0 Å². The monoisotopic (exact) mass is 216 g/mol. The average Bonchev–Trinajstić information content (AvgIpc) is 2.14. The number of hydrogen-bond donors (Lipinski definition) is 0. The zero-order chi connectivity index (χ0) is 10.6. The Hall–Kier alpha value is -0.890. The van der Waals surface area contributed by atoms with Crippen LogP contribution in [-0.2, 0) is 0 Å². The molecule has 0 nitrogen and oxygen atoms in total. The fourth-order valence-electron chi connectivity index (χ4n) is 1.08. The van der Waals surface area contributed by atoms with Crippen molar-refractivity contribution in [3.05, 3.63) is 41.0 Å². The third-order valence-corrected chi connectivity index (χ3v) is 2.07. The summed E-state index contributed by atoms with van der Waals surface area (Å²) in [4.78, 5) is 0. The van der Waals surface area contributed by atoms with Gasteiger partial charge in [0.25, 0.3) is 0 Å². The summed E-state index contributed by atoms with van der Waals surface area (Å²) in [5.41, 5.74) is 0.839. The first-order chi connectivity index (χ1) is 6.65. The molecule has 0 heterocycles. The molecule has 0 amide bonds. The largest absolute Gasteiger partial charge is 0.207 e. The summed E-state index contributed by atoms with van der Waals surface area (Å²) < 4.78 is 26.0. The minimum Gasteiger partial charge on any atom is -0.207 e. The lowest BCUT2D eigenvalue weighted by Gasteiger charge is -2.00. The smallest absolute Gasteiger partial charge is 0.133 e. The lowest BCUT2D eigenvalue weighted by atomic mass is 10.1. The fraction of sp³-hybridized carbons (Fsp3) is 0.273. The van der Waals surface area contributed by atoms with Crippen molar-refractivity contribution in [1.82, 2.24) is 0 Å². The number of alkyl halides is 1. The summed E-state index contributed by atoms with van der Waals surface area (Å²) in [5, 5.41) is 0. The Morgan fingerprint density at radius 3 is 2.64 bits per heavy atom. The van der Waals surface area contributed by atoms with Crippen molar-refractivity contribution in [2.75, 3.05) is 5.88 Å². The maximum atomic E-state index is 13.1. The molecule has 0 fully saturated rings. The van der Waals surface area contributed by atoms with Gasteiger partial charge in [0.05, 0.1) is 0 Å². The number of aryl methyl sites for hydroxylation is 1. The van der Waals surface area contributed by atoms with Crippen LogP contribution in [0.25, 0.3) is 6.08 Å². The van der Waals surface area contributed by atoms with E-state index in [1.54, 1.807) is 19.1 Å². The number of halogens is 3. The molecule has 0 aliphatic carbocycles. The van der Waals surface area contributed by atoms with E-state index in [0.29, 0.717) is 23.4 Å². The van der Waals surface area contributed by atoms with E-state index in [-0.39, 0.29) is 0 Å². The molecule has 0 saturated heterocycles. The van der Waals surface area contributed by atoms with Gasteiger partial charge in [0.2, 0.25) is 0 Å². The van der Waals surface area contributed by atoms with Gasteiger partial charge in [0.1, 0.15) is 11.6 Å². The second-order valence-electron chi connectivity index (χ2n) is 3.00. The molecule has 0 N–H and O–H groups in total. The molecule has 0 aliphatic rings. The minimum absolute atomic E-state index is 0.397. The maximum Gasteiger partial charge on any atom is 0.133 e. The van der Waals surface area contributed by atoms with E-state index >= 15 is 0 Å². The molecule has 0 spiro atoms. The average molecular weight is 217 g/mol. The van der Waals surface area contributed by atoms with Crippen molar-refractivity contribution < 1.29 is 8.78 Å². The van der Waals surface area contributed by atoms with Gasteiger partial charge in [-0.25, -0.2) is 8.78 Å². The quantitative estimate of drug-likeness (QED) is 0.672. The molecule has 76 valence electrons. The standard InChI is InChI=1S/C11H11ClF2/c1-8-6-9(4-2-3-5-12)11(14)7-10(8)13/h2,4,6-7H,3,5H2,1H3. The first kappa shape index (κ1) is 11.2. The van der Waals surface area contributed by atoms with Crippen molar-refractivity contribution in [1.29, 1.82) is 0 Å². The summed E-state index contributed by atoms with van der Waals surface area (Å²) in [6.07, 6.45) is 4.06. The van der Waals surface area contributed by atoms with E-state index in [1.165, 1.54) is 6.07 Å². The van der Waals surface area contributed by atoms with Crippen LogP contribution in [0.2, 0.25) is 0 Å². The van der Waals surface area contributed by atoms with Gasteiger partial charge >= 0.3 is 0 Å². The highest BCUT2D eigenvalue weighted by Gasteiger charge is 2.03. The molecule has 0 saturated carbocycles. The van der Waals surface area contributed by atoms with Crippen LogP contribution in [0.15, 0.2) is 18.2 Å². The van der Waals surface area contributed by atoms with Crippen molar-refractivity contribution in [3.63, 3.8) is 0 Å². The highest BCUT2D eigenvalue weighted by molar-refractivity contribution is 6.17. The van der Waals surface area contributed by atoms with Crippen molar-refractivity contribution >= 4 is 17.7 Å². The topological polar surface area (TPSA) is 0 Å². The van der Waals surface area contributed by atoms with Crippen LogP contribution in [0.5, 0.6) is 0 Å². The number of allylic oxidation sites excluding steroid dienone is 1. The van der Waals surface area contributed by atoms with Gasteiger partial charge in [-0.3, -0.25) is 0 Å². The predicted octanol–water partition coefficient (Wildman–Crippen LogP) is 3.92. The normalized spacial score (nSPS) is 11.1. The lowest BCUT2D eigenvalue weighted by molar-refractivity contribution is 0.576. The number of benzene rings is 1. The van der Waals surface area contributed by atoms with Crippen molar-refractivity contribution in [2.24, 2.45) is 0 Å². The van der Waals surface area contributed by atoms with Gasteiger partial charge in [-0.1, -0.05) is 12.2 Å². The third kappa shape index (κ3) is 2.81. The molecular formula is C11H11ClF2. The summed E-state index contributed by atoms with van der Waals surface area (Å²) in [6, 6.07) is 2.38. The second kappa shape index (κ2) is 5.11. The van der Waals surface area contributed by atoms with Crippen molar-refractivity contribution in [2.45, 2.75) is 13.3 Å². The van der Waals surface area contributed by atoms with Gasteiger partial charge in [0.15, 0.2) is 0 Å². The highest BCUT2D eigenvalue weighted by Crippen LogP contribution is 2.15. The molecule has 0 aromatic heterocycles. The van der Waals surface area contributed by atoms with Crippen LogP contribution in [0.4, 0.5) is 8.78 Å². The first-order valence-corrected chi connectivity index (χ1v) is 4.86. The number of hydrogen-bond acceptors (Lipinski definition) is 0. The Balaban J connectivity index is 2.92. The van der Waals surface area contributed by atoms with Gasteiger partial charge in [-0.05, 0) is 25.0 Å². The van der Waals surface area contributed by atoms with E-state index in [9.17, 15) is 8.78 Å². The Kier molecular flexibility index (Phi) is 4.08. The number of rotatable bonds is 3. The summed E-state index contributed by atoms with van der Waals surface area (Å²) in [6.45, 7) is 1.60. The summed E-state index contributed by atoms with van der Waals surface area (Å²) >= 11 is 5.46. The van der Waals surface area contributed by atoms with E-state index in [0.717, 1.165) is 6.07 Å². The van der Waals surface area contributed by atoms with Gasteiger partial charge in [-0.2, -0.15) is 0 Å². The van der Waals surface area contributed by atoms with E-state index in [2.05, 4.69) is 0 Å². The zero-order valence-corrected chi connectivity index (χ0v) is 8.61. The Morgan fingerprint density at radius 2 is 2.00 bits per heavy atom. The van der Waals surface area contributed by atoms with Crippen LogP contribution in [-0.4, -0.2) is 5.88 Å². The summed E-state index contributed by atoms with van der Waals surface area (Å²) in [5.74, 6) is -0.561. The lowest BCUT2D eigenvalue weighted by Crippen LogP contribution is -1.89. The van der Waals surface area contributed by atoms with Crippen molar-refractivity contribution in [3.8, 4) is 0 Å². The van der Waals surface area contributed by atoms with Crippen LogP contribution in [0.1, 0.15) is 17.5 Å². The van der Waals surface area contributed by atoms with E-state index < -0.39 is 11.6 Å². The fourth-order valence-corrected chi connectivity index (χ4v) is 1.21. The molecule has 14 heavy (non-hydrogen) atoms. The third-order valence-electron chi connectivity index (χ3n) is 1.85. The summed E-state index contributed by atoms with van der Waals surface area (Å²) in [7, 11) is 0. The highest BCUT2D eigenvalue weighted by atomic mass is 35.5. The molecule has 0 bridgehead atoms. The minimum atomic E-state index is -0.543. The molecular weight excluding hydrogens is 206 g/mol. The van der Waals surface area contributed by atoms with Gasteiger partial charge in [0, 0.05) is 17.5 Å².